The molecule has 2 heterocycles. The Morgan fingerprint density at radius 1 is 1.20 bits per heavy atom. The van der Waals surface area contributed by atoms with Crippen LogP contribution in [0.2, 0.25) is 0 Å². The van der Waals surface area contributed by atoms with Crippen LogP contribution in [0.4, 0.5) is 0 Å². The Morgan fingerprint density at radius 2 is 1.95 bits per heavy atom. The summed E-state index contributed by atoms with van der Waals surface area (Å²) in [4.78, 5) is 14.7. The highest BCUT2D eigenvalue weighted by Crippen LogP contribution is 2.26. The van der Waals surface area contributed by atoms with E-state index < -0.39 is 0 Å². The molecule has 3 heteroatoms. The molecular formula is C17H32N2O. The van der Waals surface area contributed by atoms with Gasteiger partial charge in [0.1, 0.15) is 0 Å². The first-order valence-corrected chi connectivity index (χ1v) is 8.69. The number of hydrogen-bond donors (Lipinski definition) is 1. The van der Waals surface area contributed by atoms with Crippen LogP contribution in [0.5, 0.6) is 0 Å². The predicted molar refractivity (Wildman–Crippen MR) is 83.6 cm³/mol. The zero-order valence-electron chi connectivity index (χ0n) is 13.4. The molecule has 1 amide bonds. The van der Waals surface area contributed by atoms with Crippen LogP contribution in [-0.2, 0) is 4.79 Å². The normalized spacial score (nSPS) is 27.1. The Kier molecular flexibility index (Phi) is 6.34. The number of nitrogens with one attached hydrogen (secondary N) is 1. The van der Waals surface area contributed by atoms with E-state index in [0.717, 1.165) is 44.4 Å². The number of amides is 1. The van der Waals surface area contributed by atoms with Gasteiger partial charge in [-0.05, 0) is 62.9 Å². The van der Waals surface area contributed by atoms with Gasteiger partial charge in [-0.3, -0.25) is 4.79 Å². The Balaban J connectivity index is 1.78. The number of piperidine rings is 1. The van der Waals surface area contributed by atoms with Gasteiger partial charge < -0.3 is 10.2 Å². The summed E-state index contributed by atoms with van der Waals surface area (Å²) in [6.45, 7) is 8.81. The van der Waals surface area contributed by atoms with Crippen molar-refractivity contribution in [3.8, 4) is 0 Å². The molecule has 0 radical (unpaired) electrons. The Labute approximate surface area is 124 Å². The fourth-order valence-electron chi connectivity index (χ4n) is 3.81. The lowest BCUT2D eigenvalue weighted by atomic mass is 9.84. The van der Waals surface area contributed by atoms with Gasteiger partial charge in [-0.1, -0.05) is 20.3 Å². The second kappa shape index (κ2) is 8.02. The highest BCUT2D eigenvalue weighted by molar-refractivity contribution is 5.76. The summed E-state index contributed by atoms with van der Waals surface area (Å²) in [6.07, 6.45) is 8.24. The maximum Gasteiger partial charge on any atom is 0.222 e. The molecule has 0 bridgehead atoms. The average Bonchev–Trinajstić information content (AvgIpc) is 2.73. The van der Waals surface area contributed by atoms with Crippen molar-refractivity contribution in [3.63, 3.8) is 0 Å². The minimum atomic E-state index is 0.410. The lowest BCUT2D eigenvalue weighted by molar-refractivity contribution is -0.132. The van der Waals surface area contributed by atoms with Gasteiger partial charge in [0, 0.05) is 19.5 Å². The molecule has 3 nitrogen and oxygen atoms in total. The van der Waals surface area contributed by atoms with Crippen molar-refractivity contribution in [1.82, 2.24) is 10.2 Å². The minimum absolute atomic E-state index is 0.410. The van der Waals surface area contributed by atoms with Crippen molar-refractivity contribution < 1.29 is 4.79 Å². The number of hydrogen-bond acceptors (Lipinski definition) is 2. The second-order valence-corrected chi connectivity index (χ2v) is 6.85. The SMILES string of the molecule is CCC1CCCN(C(=O)CC(C)C2CCNCC2)CC1. The zero-order chi connectivity index (χ0) is 14.4. The highest BCUT2D eigenvalue weighted by Gasteiger charge is 2.25. The van der Waals surface area contributed by atoms with E-state index in [4.69, 9.17) is 0 Å². The largest absolute Gasteiger partial charge is 0.343 e. The molecule has 0 aromatic heterocycles. The van der Waals surface area contributed by atoms with Crippen LogP contribution in [0.15, 0.2) is 0 Å². The van der Waals surface area contributed by atoms with Gasteiger partial charge in [0.05, 0.1) is 0 Å². The maximum atomic E-state index is 12.5. The van der Waals surface area contributed by atoms with Gasteiger partial charge >= 0.3 is 0 Å². The maximum absolute atomic E-state index is 12.5. The van der Waals surface area contributed by atoms with Crippen LogP contribution < -0.4 is 5.32 Å². The van der Waals surface area contributed by atoms with Gasteiger partial charge in [0.15, 0.2) is 0 Å². The Hall–Kier alpha value is -0.570. The minimum Gasteiger partial charge on any atom is -0.343 e. The summed E-state index contributed by atoms with van der Waals surface area (Å²) in [5.74, 6) is 2.55. The van der Waals surface area contributed by atoms with E-state index in [1.54, 1.807) is 0 Å². The van der Waals surface area contributed by atoms with E-state index in [1.807, 2.05) is 0 Å². The van der Waals surface area contributed by atoms with Gasteiger partial charge in [0.2, 0.25) is 5.91 Å². The first kappa shape index (κ1) is 15.8. The average molecular weight is 280 g/mol. The molecule has 0 aliphatic carbocycles. The molecular weight excluding hydrogens is 248 g/mol. The molecule has 2 fully saturated rings. The number of carbonyl (C=O) groups excluding carboxylic acids is 1. The lowest BCUT2D eigenvalue weighted by Gasteiger charge is -2.30. The molecule has 2 saturated heterocycles. The summed E-state index contributed by atoms with van der Waals surface area (Å²) >= 11 is 0. The summed E-state index contributed by atoms with van der Waals surface area (Å²) in [5.41, 5.74) is 0. The molecule has 1 N–H and O–H groups in total. The van der Waals surface area contributed by atoms with Crippen molar-refractivity contribution in [3.05, 3.63) is 0 Å². The summed E-state index contributed by atoms with van der Waals surface area (Å²) in [5, 5.41) is 3.41. The second-order valence-electron chi connectivity index (χ2n) is 6.85. The smallest absolute Gasteiger partial charge is 0.222 e. The molecule has 116 valence electrons. The van der Waals surface area contributed by atoms with Crippen molar-refractivity contribution in [1.29, 1.82) is 0 Å². The number of rotatable bonds is 4. The third kappa shape index (κ3) is 4.47. The van der Waals surface area contributed by atoms with Crippen LogP contribution in [0.25, 0.3) is 0 Å². The van der Waals surface area contributed by atoms with Crippen molar-refractivity contribution in [2.24, 2.45) is 17.8 Å². The quantitative estimate of drug-likeness (QED) is 0.858. The molecule has 0 saturated carbocycles. The summed E-state index contributed by atoms with van der Waals surface area (Å²) in [7, 11) is 0. The molecule has 2 unspecified atom stereocenters. The van der Waals surface area contributed by atoms with E-state index >= 15 is 0 Å². The Morgan fingerprint density at radius 3 is 2.65 bits per heavy atom. The van der Waals surface area contributed by atoms with Gasteiger partial charge in [-0.15, -0.1) is 0 Å². The van der Waals surface area contributed by atoms with Crippen LogP contribution >= 0.6 is 0 Å². The topological polar surface area (TPSA) is 32.3 Å². The third-order valence-electron chi connectivity index (χ3n) is 5.46. The number of nitrogens with zero attached hydrogens (tertiary/aromatic N) is 1. The fourth-order valence-corrected chi connectivity index (χ4v) is 3.81. The van der Waals surface area contributed by atoms with Crippen molar-refractivity contribution in [2.75, 3.05) is 26.2 Å². The van der Waals surface area contributed by atoms with Crippen molar-refractivity contribution >= 4 is 5.91 Å². The molecule has 2 atom stereocenters. The van der Waals surface area contributed by atoms with Crippen LogP contribution in [0, 0.1) is 17.8 Å². The van der Waals surface area contributed by atoms with E-state index in [9.17, 15) is 4.79 Å². The van der Waals surface area contributed by atoms with Gasteiger partial charge in [-0.2, -0.15) is 0 Å². The molecule has 2 aliphatic heterocycles. The van der Waals surface area contributed by atoms with E-state index in [0.29, 0.717) is 11.8 Å². The zero-order valence-corrected chi connectivity index (χ0v) is 13.4. The molecule has 20 heavy (non-hydrogen) atoms. The Bertz CT molecular complexity index is 299. The number of likely N-dealkylation sites (tertiary alicyclic amines) is 1. The van der Waals surface area contributed by atoms with E-state index in [-0.39, 0.29) is 0 Å². The molecule has 2 aliphatic rings. The fraction of sp³-hybridized carbons (Fsp3) is 0.941. The van der Waals surface area contributed by atoms with Crippen LogP contribution in [-0.4, -0.2) is 37.0 Å². The standard InChI is InChI=1S/C17H32N2O/c1-3-15-5-4-11-19(12-8-15)17(20)13-14(2)16-6-9-18-10-7-16/h14-16,18H,3-13H2,1-2H3. The van der Waals surface area contributed by atoms with E-state index in [1.165, 1.54) is 38.5 Å². The third-order valence-corrected chi connectivity index (χ3v) is 5.46. The monoisotopic (exact) mass is 280 g/mol. The summed E-state index contributed by atoms with van der Waals surface area (Å²) < 4.78 is 0. The number of carbonyl (C=O) groups is 1. The van der Waals surface area contributed by atoms with Crippen molar-refractivity contribution in [2.45, 2.75) is 58.8 Å². The first-order chi connectivity index (χ1) is 9.70. The van der Waals surface area contributed by atoms with Gasteiger partial charge in [0.25, 0.3) is 0 Å². The van der Waals surface area contributed by atoms with Crippen LogP contribution in [0.3, 0.4) is 0 Å². The first-order valence-electron chi connectivity index (χ1n) is 8.69. The predicted octanol–water partition coefficient (Wildman–Crippen LogP) is 3.05. The van der Waals surface area contributed by atoms with Gasteiger partial charge in [-0.25, -0.2) is 0 Å². The highest BCUT2D eigenvalue weighted by atomic mass is 16.2. The molecule has 0 spiro atoms. The van der Waals surface area contributed by atoms with E-state index in [2.05, 4.69) is 24.1 Å². The molecule has 0 aromatic carbocycles. The molecule has 2 rings (SSSR count). The summed E-state index contributed by atoms with van der Waals surface area (Å²) in [6, 6.07) is 0. The lowest BCUT2D eigenvalue weighted by Crippen LogP contribution is -2.36. The van der Waals surface area contributed by atoms with Crippen LogP contribution in [0.1, 0.15) is 58.8 Å². The molecule has 0 aromatic rings.